The molecule has 2 aromatic rings. The molecule has 0 saturated heterocycles. The van der Waals surface area contributed by atoms with Crippen LogP contribution in [-0.2, 0) is 11.2 Å². The van der Waals surface area contributed by atoms with Crippen molar-refractivity contribution in [2.45, 2.75) is 51.4 Å². The molecule has 0 spiro atoms. The van der Waals surface area contributed by atoms with Crippen molar-refractivity contribution in [2.75, 3.05) is 6.61 Å². The molecule has 3 rings (SSSR count). The Morgan fingerprint density at radius 1 is 1.07 bits per heavy atom. The van der Waals surface area contributed by atoms with E-state index in [4.69, 9.17) is 9.84 Å². The van der Waals surface area contributed by atoms with Crippen LogP contribution in [0.3, 0.4) is 0 Å². The predicted octanol–water partition coefficient (Wildman–Crippen LogP) is 5.29. The molecule has 1 aliphatic carbocycles. The first-order valence-corrected chi connectivity index (χ1v) is 9.77. The van der Waals surface area contributed by atoms with Crippen molar-refractivity contribution in [3.05, 3.63) is 65.5 Å². The lowest BCUT2D eigenvalue weighted by atomic mass is 9.97. The van der Waals surface area contributed by atoms with Crippen molar-refractivity contribution < 1.29 is 14.6 Å². The molecule has 142 valence electrons. The summed E-state index contributed by atoms with van der Waals surface area (Å²) in [5, 5.41) is 8.72. The van der Waals surface area contributed by atoms with Gasteiger partial charge in [-0.05, 0) is 79.0 Å². The van der Waals surface area contributed by atoms with Gasteiger partial charge in [0, 0.05) is 18.8 Å². The fourth-order valence-corrected chi connectivity index (χ4v) is 3.56. The largest absolute Gasteiger partial charge is 0.489 e. The minimum absolute atomic E-state index is 0.212. The number of aromatic nitrogens is 1. The molecule has 0 unspecified atom stereocenters. The molecule has 1 heterocycles. The number of ether oxygens (including phenoxy) is 1. The lowest BCUT2D eigenvalue weighted by molar-refractivity contribution is -0.137. The molecule has 0 amide bonds. The van der Waals surface area contributed by atoms with Crippen molar-refractivity contribution in [2.24, 2.45) is 0 Å². The van der Waals surface area contributed by atoms with Crippen LogP contribution in [0.5, 0.6) is 5.75 Å². The van der Waals surface area contributed by atoms with Crippen LogP contribution in [0.4, 0.5) is 0 Å². The molecule has 1 aromatic carbocycles. The van der Waals surface area contributed by atoms with E-state index in [0.717, 1.165) is 30.6 Å². The maximum absolute atomic E-state index is 10.6. The van der Waals surface area contributed by atoms with Gasteiger partial charge in [0.25, 0.3) is 0 Å². The van der Waals surface area contributed by atoms with Crippen molar-refractivity contribution in [1.29, 1.82) is 0 Å². The summed E-state index contributed by atoms with van der Waals surface area (Å²) >= 11 is 0. The minimum atomic E-state index is -0.740. The van der Waals surface area contributed by atoms with Gasteiger partial charge in [-0.15, -0.1) is 0 Å². The van der Waals surface area contributed by atoms with Gasteiger partial charge in [0.05, 0.1) is 0 Å². The normalized spacial score (nSPS) is 14.7. The summed E-state index contributed by atoms with van der Waals surface area (Å²) in [6.07, 6.45) is 11.3. The molecule has 0 bridgehead atoms. The SMILES string of the molecule is O=C(O)CCCc1ccc(OCC2=C(c3cccnc3)CCCCC2)cc1. The number of aliphatic carboxylic acids is 1. The van der Waals surface area contributed by atoms with Crippen LogP contribution in [0.15, 0.2) is 54.4 Å². The van der Waals surface area contributed by atoms with Gasteiger partial charge >= 0.3 is 5.97 Å². The van der Waals surface area contributed by atoms with Crippen molar-refractivity contribution in [3.8, 4) is 5.75 Å². The number of pyridine rings is 1. The quantitative estimate of drug-likeness (QED) is 0.691. The summed E-state index contributed by atoms with van der Waals surface area (Å²) < 4.78 is 6.08. The standard InChI is InChI=1S/C23H27NO3/c25-23(26)10-4-6-18-11-13-21(14-12-18)27-17-20-7-2-1-3-9-22(20)19-8-5-15-24-16-19/h5,8,11-16H,1-4,6-7,9-10,17H2,(H,25,26). The summed E-state index contributed by atoms with van der Waals surface area (Å²) in [6.45, 7) is 0.614. The monoisotopic (exact) mass is 365 g/mol. The maximum Gasteiger partial charge on any atom is 0.303 e. The van der Waals surface area contributed by atoms with E-state index in [1.807, 2.05) is 42.7 Å². The summed E-state index contributed by atoms with van der Waals surface area (Å²) in [6, 6.07) is 12.2. The van der Waals surface area contributed by atoms with Crippen molar-refractivity contribution in [1.82, 2.24) is 4.98 Å². The molecule has 1 aromatic heterocycles. The van der Waals surface area contributed by atoms with E-state index in [1.54, 1.807) is 0 Å². The average Bonchev–Trinajstić information content (AvgIpc) is 2.93. The first-order valence-electron chi connectivity index (χ1n) is 9.77. The van der Waals surface area contributed by atoms with Crippen LogP contribution in [0.25, 0.3) is 5.57 Å². The minimum Gasteiger partial charge on any atom is -0.489 e. The highest BCUT2D eigenvalue weighted by molar-refractivity contribution is 5.68. The molecule has 27 heavy (non-hydrogen) atoms. The van der Waals surface area contributed by atoms with Crippen LogP contribution < -0.4 is 4.74 Å². The molecule has 4 nitrogen and oxygen atoms in total. The maximum atomic E-state index is 10.6. The number of rotatable bonds is 8. The molecule has 4 heteroatoms. The Morgan fingerprint density at radius 2 is 1.89 bits per heavy atom. The highest BCUT2D eigenvalue weighted by Crippen LogP contribution is 2.31. The summed E-state index contributed by atoms with van der Waals surface area (Å²) in [4.78, 5) is 14.9. The molecule has 0 saturated carbocycles. The number of aryl methyl sites for hydroxylation is 1. The van der Waals surface area contributed by atoms with Crippen LogP contribution >= 0.6 is 0 Å². The van der Waals surface area contributed by atoms with Gasteiger partial charge < -0.3 is 9.84 Å². The number of hydrogen-bond donors (Lipinski definition) is 1. The number of benzene rings is 1. The van der Waals surface area contributed by atoms with Gasteiger partial charge in [0.2, 0.25) is 0 Å². The highest BCUT2D eigenvalue weighted by atomic mass is 16.5. The van der Waals surface area contributed by atoms with Gasteiger partial charge in [-0.1, -0.05) is 24.6 Å². The third-order valence-corrected chi connectivity index (χ3v) is 5.03. The van der Waals surface area contributed by atoms with Crippen LogP contribution in [0, 0.1) is 0 Å². The van der Waals surface area contributed by atoms with E-state index >= 15 is 0 Å². The zero-order valence-electron chi connectivity index (χ0n) is 15.7. The Bertz CT molecular complexity index is 766. The van der Waals surface area contributed by atoms with Gasteiger partial charge in [0.1, 0.15) is 12.4 Å². The van der Waals surface area contributed by atoms with Crippen molar-refractivity contribution in [3.63, 3.8) is 0 Å². The second-order valence-electron chi connectivity index (χ2n) is 7.06. The predicted molar refractivity (Wildman–Crippen MR) is 107 cm³/mol. The third-order valence-electron chi connectivity index (χ3n) is 5.03. The number of hydrogen-bond acceptors (Lipinski definition) is 3. The van der Waals surface area contributed by atoms with E-state index in [1.165, 1.54) is 36.0 Å². The molecule has 1 N–H and O–H groups in total. The Kier molecular flexibility index (Phi) is 7.03. The second kappa shape index (κ2) is 9.91. The van der Waals surface area contributed by atoms with E-state index in [9.17, 15) is 4.79 Å². The zero-order valence-corrected chi connectivity index (χ0v) is 15.7. The van der Waals surface area contributed by atoms with E-state index in [-0.39, 0.29) is 6.42 Å². The first kappa shape index (κ1) is 19.2. The topological polar surface area (TPSA) is 59.4 Å². The fraction of sp³-hybridized carbons (Fsp3) is 0.391. The van der Waals surface area contributed by atoms with Gasteiger partial charge in [-0.3, -0.25) is 9.78 Å². The number of allylic oxidation sites excluding steroid dienone is 1. The summed E-state index contributed by atoms with van der Waals surface area (Å²) in [5.74, 6) is 0.121. The molecule has 1 aliphatic rings. The Hall–Kier alpha value is -2.62. The number of carbonyl (C=O) groups is 1. The molecular formula is C23H27NO3. The second-order valence-corrected chi connectivity index (χ2v) is 7.06. The zero-order chi connectivity index (χ0) is 18.9. The van der Waals surface area contributed by atoms with Crippen LogP contribution in [0.1, 0.15) is 56.1 Å². The molecule has 0 atom stereocenters. The number of nitrogens with zero attached hydrogens (tertiary/aromatic N) is 1. The smallest absolute Gasteiger partial charge is 0.303 e. The Morgan fingerprint density at radius 3 is 2.63 bits per heavy atom. The van der Waals surface area contributed by atoms with Gasteiger partial charge in [-0.25, -0.2) is 0 Å². The number of carboxylic acids is 1. The molecule has 0 radical (unpaired) electrons. The van der Waals surface area contributed by atoms with E-state index in [0.29, 0.717) is 13.0 Å². The van der Waals surface area contributed by atoms with Gasteiger partial charge in [0.15, 0.2) is 0 Å². The third kappa shape index (κ3) is 5.95. The lowest BCUT2D eigenvalue weighted by Gasteiger charge is -2.14. The van der Waals surface area contributed by atoms with Crippen LogP contribution in [0.2, 0.25) is 0 Å². The molecule has 0 fully saturated rings. The van der Waals surface area contributed by atoms with E-state index < -0.39 is 5.97 Å². The van der Waals surface area contributed by atoms with E-state index in [2.05, 4.69) is 11.1 Å². The van der Waals surface area contributed by atoms with Gasteiger partial charge in [-0.2, -0.15) is 0 Å². The lowest BCUT2D eigenvalue weighted by Crippen LogP contribution is -2.04. The number of carboxylic acid groups (broad SMARTS) is 1. The molecular weight excluding hydrogens is 338 g/mol. The molecule has 0 aliphatic heterocycles. The Labute approximate surface area is 160 Å². The fourth-order valence-electron chi connectivity index (χ4n) is 3.56. The highest BCUT2D eigenvalue weighted by Gasteiger charge is 2.14. The first-order chi connectivity index (χ1) is 13.2. The van der Waals surface area contributed by atoms with Crippen LogP contribution in [-0.4, -0.2) is 22.7 Å². The average molecular weight is 365 g/mol. The summed E-state index contributed by atoms with van der Waals surface area (Å²) in [5.41, 5.74) is 5.14. The Balaban J connectivity index is 1.63. The summed E-state index contributed by atoms with van der Waals surface area (Å²) in [7, 11) is 0. The van der Waals surface area contributed by atoms with Crippen molar-refractivity contribution >= 4 is 11.5 Å².